The summed E-state index contributed by atoms with van der Waals surface area (Å²) in [6.07, 6.45) is 0. The number of aromatic nitrogens is 3. The molecule has 1 amide bonds. The van der Waals surface area contributed by atoms with Crippen molar-refractivity contribution < 1.29 is 9.53 Å². The molecule has 0 saturated carbocycles. The second-order valence-corrected chi connectivity index (χ2v) is 8.34. The van der Waals surface area contributed by atoms with Gasteiger partial charge in [0.2, 0.25) is 5.91 Å². The highest BCUT2D eigenvalue weighted by molar-refractivity contribution is 7.99. The maximum Gasteiger partial charge on any atom is 0.235 e. The topological polar surface area (TPSA) is 95.7 Å². The van der Waals surface area contributed by atoms with E-state index in [-0.39, 0.29) is 11.7 Å². The normalized spacial score (nSPS) is 10.8. The highest BCUT2D eigenvalue weighted by Gasteiger charge is 2.20. The molecule has 2 N–H and O–H groups in total. The number of anilines is 1. The van der Waals surface area contributed by atoms with E-state index in [0.717, 1.165) is 33.6 Å². The first-order valence-corrected chi connectivity index (χ1v) is 11.1. The zero-order valence-corrected chi connectivity index (χ0v) is 18.9. The van der Waals surface area contributed by atoms with Crippen molar-refractivity contribution in [1.29, 1.82) is 5.26 Å². The smallest absolute Gasteiger partial charge is 0.235 e. The molecule has 2 aromatic heterocycles. The summed E-state index contributed by atoms with van der Waals surface area (Å²) in [4.78, 5) is 20.5. The molecule has 2 heterocycles. The van der Waals surface area contributed by atoms with Gasteiger partial charge in [-0.1, -0.05) is 42.1 Å². The van der Waals surface area contributed by atoms with E-state index in [1.165, 1.54) is 11.8 Å². The highest BCUT2D eigenvalue weighted by Crippen LogP contribution is 2.28. The number of carbonyl (C=O) groups excluding carboxylic acids is 1. The number of H-pyrrole nitrogens is 1. The summed E-state index contributed by atoms with van der Waals surface area (Å²) in [6.45, 7) is 4.44. The van der Waals surface area contributed by atoms with Gasteiger partial charge in [-0.15, -0.1) is 0 Å². The number of rotatable bonds is 7. The van der Waals surface area contributed by atoms with E-state index in [1.807, 2.05) is 66.9 Å². The van der Waals surface area contributed by atoms with Crippen molar-refractivity contribution in [3.8, 4) is 11.8 Å². The quantitative estimate of drug-likeness (QED) is 0.404. The molecule has 0 spiro atoms. The van der Waals surface area contributed by atoms with Crippen LogP contribution in [0.25, 0.3) is 11.0 Å². The molecular formula is C24H23N5O2S. The van der Waals surface area contributed by atoms with Crippen molar-refractivity contribution in [1.82, 2.24) is 14.5 Å². The molecule has 0 fully saturated rings. The minimum atomic E-state index is -0.198. The van der Waals surface area contributed by atoms with E-state index in [9.17, 15) is 10.1 Å². The number of nitrogens with one attached hydrogen (secondary N) is 2. The van der Waals surface area contributed by atoms with Crippen molar-refractivity contribution in [2.75, 3.05) is 18.2 Å². The zero-order valence-electron chi connectivity index (χ0n) is 18.1. The number of nitrogens with zero attached hydrogens (tertiary/aromatic N) is 3. The molecule has 32 heavy (non-hydrogen) atoms. The Morgan fingerprint density at radius 3 is 2.75 bits per heavy atom. The minimum absolute atomic E-state index is 0.163. The van der Waals surface area contributed by atoms with Crippen LogP contribution in [0.1, 0.15) is 22.4 Å². The van der Waals surface area contributed by atoms with Crippen molar-refractivity contribution in [3.63, 3.8) is 0 Å². The number of carbonyl (C=O) groups is 1. The largest absolute Gasteiger partial charge is 0.497 e. The van der Waals surface area contributed by atoms with Crippen LogP contribution >= 0.6 is 11.8 Å². The summed E-state index contributed by atoms with van der Waals surface area (Å²) in [5, 5.41) is 13.3. The number of ether oxygens (including phenoxy) is 1. The van der Waals surface area contributed by atoms with Crippen LogP contribution in [-0.4, -0.2) is 33.3 Å². The third kappa shape index (κ3) is 4.34. The highest BCUT2D eigenvalue weighted by atomic mass is 32.2. The van der Waals surface area contributed by atoms with Gasteiger partial charge in [0.1, 0.15) is 17.6 Å². The number of amides is 1. The monoisotopic (exact) mass is 445 g/mol. The molecule has 4 aromatic rings. The molecule has 0 unspecified atom stereocenters. The van der Waals surface area contributed by atoms with Crippen LogP contribution in [0, 0.1) is 25.2 Å². The lowest BCUT2D eigenvalue weighted by Gasteiger charge is -2.13. The Morgan fingerprint density at radius 2 is 2.03 bits per heavy atom. The first kappa shape index (κ1) is 21.5. The molecule has 0 bridgehead atoms. The van der Waals surface area contributed by atoms with Crippen LogP contribution in [0.5, 0.6) is 5.75 Å². The standard InChI is InChI=1S/C24H23N5O2S/c1-15-16(2)29(13-17-7-5-4-6-8-17)23(19(15)12-25)28-22(30)14-32-24-26-20-10-9-18(31-3)11-21(20)27-24/h4-11H,13-14H2,1-3H3,(H,26,27)(H,28,30). The molecule has 4 rings (SSSR count). The first-order chi connectivity index (χ1) is 15.5. The number of imidazole rings is 1. The zero-order chi connectivity index (χ0) is 22.7. The average molecular weight is 446 g/mol. The number of aromatic amines is 1. The molecule has 0 aliphatic carbocycles. The van der Waals surface area contributed by atoms with E-state index in [2.05, 4.69) is 21.4 Å². The van der Waals surface area contributed by atoms with Gasteiger partial charge in [-0.05, 0) is 37.1 Å². The maximum atomic E-state index is 12.8. The average Bonchev–Trinajstić information content (AvgIpc) is 3.31. The fraction of sp³-hybridized carbons (Fsp3) is 0.208. The van der Waals surface area contributed by atoms with Crippen molar-refractivity contribution in [2.24, 2.45) is 0 Å². The second-order valence-electron chi connectivity index (χ2n) is 7.38. The van der Waals surface area contributed by atoms with E-state index in [0.29, 0.717) is 23.1 Å². The number of hydrogen-bond donors (Lipinski definition) is 2. The van der Waals surface area contributed by atoms with Gasteiger partial charge in [0.15, 0.2) is 5.16 Å². The van der Waals surface area contributed by atoms with E-state index in [4.69, 9.17) is 4.74 Å². The summed E-state index contributed by atoms with van der Waals surface area (Å²) in [6, 6.07) is 17.8. The van der Waals surface area contributed by atoms with E-state index >= 15 is 0 Å². The Morgan fingerprint density at radius 1 is 1.25 bits per heavy atom. The number of thioether (sulfide) groups is 1. The number of hydrogen-bond acceptors (Lipinski definition) is 5. The summed E-state index contributed by atoms with van der Waals surface area (Å²) in [5.41, 5.74) is 5.08. The lowest BCUT2D eigenvalue weighted by Crippen LogP contribution is -2.18. The Labute approximate surface area is 190 Å². The van der Waals surface area contributed by atoms with Crippen LogP contribution in [-0.2, 0) is 11.3 Å². The Balaban J connectivity index is 1.51. The van der Waals surface area contributed by atoms with Crippen LogP contribution in [0.15, 0.2) is 53.7 Å². The number of methoxy groups -OCH3 is 1. The van der Waals surface area contributed by atoms with Gasteiger partial charge >= 0.3 is 0 Å². The number of fused-ring (bicyclic) bond motifs is 1. The summed E-state index contributed by atoms with van der Waals surface area (Å²) < 4.78 is 7.22. The molecule has 0 aliphatic heterocycles. The van der Waals surface area contributed by atoms with Gasteiger partial charge in [-0.2, -0.15) is 5.26 Å². The van der Waals surface area contributed by atoms with Crippen LogP contribution < -0.4 is 10.1 Å². The van der Waals surface area contributed by atoms with Crippen LogP contribution in [0.3, 0.4) is 0 Å². The van der Waals surface area contributed by atoms with Gasteiger partial charge in [-0.25, -0.2) is 4.98 Å². The fourth-order valence-electron chi connectivity index (χ4n) is 3.56. The molecule has 162 valence electrons. The SMILES string of the molecule is COc1ccc2nc(SCC(=O)Nc3c(C#N)c(C)c(C)n3Cc3ccccc3)[nH]c2c1. The second kappa shape index (κ2) is 9.20. The van der Waals surface area contributed by atoms with Gasteiger partial charge in [0.05, 0.1) is 29.5 Å². The Kier molecular flexibility index (Phi) is 6.19. The summed E-state index contributed by atoms with van der Waals surface area (Å²) in [7, 11) is 1.62. The predicted molar refractivity (Wildman–Crippen MR) is 126 cm³/mol. The van der Waals surface area contributed by atoms with Gasteiger partial charge in [0.25, 0.3) is 0 Å². The van der Waals surface area contributed by atoms with Crippen LogP contribution in [0.4, 0.5) is 5.82 Å². The number of nitriles is 1. The van der Waals surface area contributed by atoms with E-state index < -0.39 is 0 Å². The summed E-state index contributed by atoms with van der Waals surface area (Å²) in [5.74, 6) is 1.24. The van der Waals surface area contributed by atoms with Gasteiger partial charge in [0, 0.05) is 18.3 Å². The Hall–Kier alpha value is -3.70. The maximum absolute atomic E-state index is 12.8. The number of benzene rings is 2. The molecule has 0 radical (unpaired) electrons. The summed E-state index contributed by atoms with van der Waals surface area (Å²) >= 11 is 1.31. The molecule has 8 heteroatoms. The predicted octanol–water partition coefficient (Wildman–Crippen LogP) is 4.64. The van der Waals surface area contributed by atoms with Gasteiger partial charge in [-0.3, -0.25) is 4.79 Å². The molecular weight excluding hydrogens is 422 g/mol. The van der Waals surface area contributed by atoms with Crippen molar-refractivity contribution in [2.45, 2.75) is 25.5 Å². The molecule has 0 atom stereocenters. The third-order valence-corrected chi connectivity index (χ3v) is 6.26. The lowest BCUT2D eigenvalue weighted by atomic mass is 10.2. The lowest BCUT2D eigenvalue weighted by molar-refractivity contribution is -0.113. The molecule has 0 aliphatic rings. The fourth-order valence-corrected chi connectivity index (χ4v) is 4.24. The van der Waals surface area contributed by atoms with Crippen molar-refractivity contribution in [3.05, 3.63) is 70.9 Å². The minimum Gasteiger partial charge on any atom is -0.497 e. The molecule has 7 nitrogen and oxygen atoms in total. The van der Waals surface area contributed by atoms with Gasteiger partial charge < -0.3 is 19.6 Å². The molecule has 2 aromatic carbocycles. The van der Waals surface area contributed by atoms with Crippen LogP contribution in [0.2, 0.25) is 0 Å². The van der Waals surface area contributed by atoms with E-state index in [1.54, 1.807) is 7.11 Å². The third-order valence-electron chi connectivity index (χ3n) is 5.39. The van der Waals surface area contributed by atoms with Crippen molar-refractivity contribution >= 4 is 34.5 Å². The Bertz CT molecular complexity index is 1320. The molecule has 0 saturated heterocycles. The first-order valence-electron chi connectivity index (χ1n) is 10.1.